The van der Waals surface area contributed by atoms with Crippen molar-refractivity contribution in [2.24, 2.45) is 0 Å². The Kier molecular flexibility index (Phi) is 4.53. The van der Waals surface area contributed by atoms with Crippen LogP contribution in [0.2, 0.25) is 5.15 Å². The van der Waals surface area contributed by atoms with Gasteiger partial charge in [-0.3, -0.25) is 9.69 Å². The summed E-state index contributed by atoms with van der Waals surface area (Å²) in [6.45, 7) is 4.30. The second kappa shape index (κ2) is 6.56. The molecule has 0 N–H and O–H groups in total. The number of carbonyl (C=O) groups is 1. The maximum Gasteiger partial charge on any atom is 0.255 e. The van der Waals surface area contributed by atoms with E-state index in [1.165, 1.54) is 4.88 Å². The summed E-state index contributed by atoms with van der Waals surface area (Å²) in [6, 6.07) is 7.62. The highest BCUT2D eigenvalue weighted by atomic mass is 35.5. The number of hydrogen-bond acceptors (Lipinski definition) is 4. The Labute approximate surface area is 133 Å². The van der Waals surface area contributed by atoms with Crippen LogP contribution in [0.3, 0.4) is 0 Å². The molecule has 0 aromatic carbocycles. The number of piperazine rings is 1. The van der Waals surface area contributed by atoms with Crippen LogP contribution < -0.4 is 0 Å². The molecular weight excluding hydrogens is 306 g/mol. The van der Waals surface area contributed by atoms with Gasteiger partial charge >= 0.3 is 0 Å². The van der Waals surface area contributed by atoms with E-state index in [9.17, 15) is 4.79 Å². The summed E-state index contributed by atoms with van der Waals surface area (Å²) in [4.78, 5) is 22.0. The van der Waals surface area contributed by atoms with E-state index in [0.717, 1.165) is 32.7 Å². The van der Waals surface area contributed by atoms with E-state index in [1.54, 1.807) is 29.7 Å². The summed E-state index contributed by atoms with van der Waals surface area (Å²) in [5.41, 5.74) is 0.603. The topological polar surface area (TPSA) is 36.4 Å². The minimum absolute atomic E-state index is 0.0370. The van der Waals surface area contributed by atoms with Crippen LogP contribution in [0, 0.1) is 0 Å². The number of rotatable bonds is 3. The highest BCUT2D eigenvalue weighted by molar-refractivity contribution is 7.09. The number of thiophene rings is 1. The quantitative estimate of drug-likeness (QED) is 0.816. The van der Waals surface area contributed by atoms with Crippen molar-refractivity contribution in [2.75, 3.05) is 26.2 Å². The molecule has 0 atom stereocenters. The lowest BCUT2D eigenvalue weighted by molar-refractivity contribution is 0.0629. The molecule has 0 bridgehead atoms. The average molecular weight is 322 g/mol. The zero-order valence-electron chi connectivity index (χ0n) is 11.5. The fourth-order valence-corrected chi connectivity index (χ4v) is 3.27. The zero-order valence-corrected chi connectivity index (χ0v) is 13.1. The summed E-state index contributed by atoms with van der Waals surface area (Å²) in [7, 11) is 0. The van der Waals surface area contributed by atoms with Crippen molar-refractivity contribution in [1.82, 2.24) is 14.8 Å². The molecule has 1 fully saturated rings. The van der Waals surface area contributed by atoms with Gasteiger partial charge < -0.3 is 4.90 Å². The molecule has 1 saturated heterocycles. The fraction of sp³-hybridized carbons (Fsp3) is 0.333. The molecule has 3 heterocycles. The molecule has 0 saturated carbocycles. The number of pyridine rings is 1. The van der Waals surface area contributed by atoms with Crippen LogP contribution in [-0.4, -0.2) is 46.9 Å². The Balaban J connectivity index is 1.55. The molecule has 6 heteroatoms. The smallest absolute Gasteiger partial charge is 0.255 e. The number of carbonyl (C=O) groups excluding carboxylic acids is 1. The first-order valence-corrected chi connectivity index (χ1v) is 8.14. The molecule has 110 valence electrons. The van der Waals surface area contributed by atoms with Gasteiger partial charge in [0.15, 0.2) is 0 Å². The second-order valence-electron chi connectivity index (χ2n) is 5.02. The monoisotopic (exact) mass is 321 g/mol. The van der Waals surface area contributed by atoms with Gasteiger partial charge in [0.25, 0.3) is 5.91 Å². The molecule has 3 rings (SSSR count). The van der Waals surface area contributed by atoms with Gasteiger partial charge in [-0.15, -0.1) is 11.3 Å². The molecule has 0 aliphatic carbocycles. The Bertz CT molecular complexity index is 592. The molecule has 1 aliphatic rings. The van der Waals surface area contributed by atoms with Gasteiger partial charge in [-0.1, -0.05) is 17.7 Å². The number of nitrogens with zero attached hydrogens (tertiary/aromatic N) is 3. The standard InChI is InChI=1S/C15H16ClN3OS/c16-14-4-3-12(10-17-14)15(20)19-7-5-18(6-8-19)11-13-2-1-9-21-13/h1-4,9-10H,5-8,11H2. The van der Waals surface area contributed by atoms with Crippen molar-refractivity contribution in [3.05, 3.63) is 51.4 Å². The van der Waals surface area contributed by atoms with Gasteiger partial charge in [-0.25, -0.2) is 4.98 Å². The summed E-state index contributed by atoms with van der Waals surface area (Å²) < 4.78 is 0. The Morgan fingerprint density at radius 1 is 1.24 bits per heavy atom. The van der Waals surface area contributed by atoms with Crippen molar-refractivity contribution in [2.45, 2.75) is 6.54 Å². The molecule has 2 aromatic heterocycles. The summed E-state index contributed by atoms with van der Waals surface area (Å²) in [5.74, 6) is 0.0370. The van der Waals surface area contributed by atoms with E-state index in [4.69, 9.17) is 11.6 Å². The minimum Gasteiger partial charge on any atom is -0.336 e. The third kappa shape index (κ3) is 3.61. The Morgan fingerprint density at radius 2 is 2.05 bits per heavy atom. The number of hydrogen-bond donors (Lipinski definition) is 0. The van der Waals surface area contributed by atoms with Gasteiger partial charge in [0.1, 0.15) is 5.15 Å². The van der Waals surface area contributed by atoms with E-state index >= 15 is 0 Å². The third-order valence-corrected chi connectivity index (χ3v) is 4.68. The SMILES string of the molecule is O=C(c1ccc(Cl)nc1)N1CCN(Cc2cccs2)CC1. The first-order chi connectivity index (χ1) is 10.2. The van der Waals surface area contributed by atoms with Crippen molar-refractivity contribution in [3.63, 3.8) is 0 Å². The zero-order chi connectivity index (χ0) is 14.7. The van der Waals surface area contributed by atoms with Crippen LogP contribution in [-0.2, 0) is 6.54 Å². The van der Waals surface area contributed by atoms with Crippen molar-refractivity contribution >= 4 is 28.8 Å². The first kappa shape index (κ1) is 14.5. The van der Waals surface area contributed by atoms with Gasteiger partial charge in [0, 0.05) is 43.8 Å². The van der Waals surface area contributed by atoms with Crippen molar-refractivity contribution < 1.29 is 4.79 Å². The molecule has 1 amide bonds. The highest BCUT2D eigenvalue weighted by Gasteiger charge is 2.22. The van der Waals surface area contributed by atoms with E-state index in [1.807, 2.05) is 4.90 Å². The van der Waals surface area contributed by atoms with Crippen LogP contribution in [0.4, 0.5) is 0 Å². The van der Waals surface area contributed by atoms with Crippen LogP contribution >= 0.6 is 22.9 Å². The molecule has 0 unspecified atom stereocenters. The predicted molar refractivity (Wildman–Crippen MR) is 84.7 cm³/mol. The van der Waals surface area contributed by atoms with Crippen LogP contribution in [0.1, 0.15) is 15.2 Å². The van der Waals surface area contributed by atoms with Crippen molar-refractivity contribution in [3.8, 4) is 0 Å². The van der Waals surface area contributed by atoms with Crippen LogP contribution in [0.25, 0.3) is 0 Å². The fourth-order valence-electron chi connectivity index (χ4n) is 2.42. The number of aromatic nitrogens is 1. The predicted octanol–water partition coefficient (Wildman–Crippen LogP) is 2.75. The average Bonchev–Trinajstić information content (AvgIpc) is 3.01. The Morgan fingerprint density at radius 3 is 2.67 bits per heavy atom. The maximum absolute atomic E-state index is 12.4. The maximum atomic E-state index is 12.4. The Hall–Kier alpha value is -1.43. The lowest BCUT2D eigenvalue weighted by atomic mass is 10.2. The number of amides is 1. The molecule has 1 aliphatic heterocycles. The molecular formula is C15H16ClN3OS. The molecule has 21 heavy (non-hydrogen) atoms. The molecule has 0 radical (unpaired) electrons. The van der Waals surface area contributed by atoms with Gasteiger partial charge in [0.2, 0.25) is 0 Å². The largest absolute Gasteiger partial charge is 0.336 e. The van der Waals surface area contributed by atoms with E-state index < -0.39 is 0 Å². The minimum atomic E-state index is 0.0370. The van der Waals surface area contributed by atoms with E-state index in [0.29, 0.717) is 10.7 Å². The lowest BCUT2D eigenvalue weighted by Gasteiger charge is -2.34. The third-order valence-electron chi connectivity index (χ3n) is 3.59. The second-order valence-corrected chi connectivity index (χ2v) is 6.44. The van der Waals surface area contributed by atoms with Gasteiger partial charge in [-0.2, -0.15) is 0 Å². The van der Waals surface area contributed by atoms with Crippen LogP contribution in [0.5, 0.6) is 0 Å². The summed E-state index contributed by atoms with van der Waals surface area (Å²) in [6.07, 6.45) is 1.54. The van der Waals surface area contributed by atoms with Gasteiger partial charge in [-0.05, 0) is 23.6 Å². The highest BCUT2D eigenvalue weighted by Crippen LogP contribution is 2.15. The first-order valence-electron chi connectivity index (χ1n) is 6.88. The summed E-state index contributed by atoms with van der Waals surface area (Å²) >= 11 is 7.53. The van der Waals surface area contributed by atoms with Crippen LogP contribution in [0.15, 0.2) is 35.8 Å². The summed E-state index contributed by atoms with van der Waals surface area (Å²) in [5, 5.41) is 2.51. The van der Waals surface area contributed by atoms with Gasteiger partial charge in [0.05, 0.1) is 5.56 Å². The van der Waals surface area contributed by atoms with Crippen molar-refractivity contribution in [1.29, 1.82) is 0 Å². The lowest BCUT2D eigenvalue weighted by Crippen LogP contribution is -2.48. The molecule has 2 aromatic rings. The van der Waals surface area contributed by atoms with E-state index in [-0.39, 0.29) is 5.91 Å². The van der Waals surface area contributed by atoms with E-state index in [2.05, 4.69) is 27.4 Å². The normalized spacial score (nSPS) is 16.1. The molecule has 4 nitrogen and oxygen atoms in total. The molecule has 0 spiro atoms. The number of halogens is 1.